The van der Waals surface area contributed by atoms with Crippen LogP contribution >= 0.6 is 0 Å². The molecule has 0 saturated heterocycles. The number of esters is 1. The minimum Gasteiger partial charge on any atom is -0.481 e. The van der Waals surface area contributed by atoms with Gasteiger partial charge in [-0.25, -0.2) is 4.79 Å². The normalized spacial score (nSPS) is 9.73. The molecule has 9 heteroatoms. The molecule has 0 saturated carbocycles. The molecule has 0 atom stereocenters. The van der Waals surface area contributed by atoms with Gasteiger partial charge in [0.1, 0.15) is 13.2 Å². The lowest BCUT2D eigenvalue weighted by molar-refractivity contribution is -0.145. The van der Waals surface area contributed by atoms with Gasteiger partial charge in [-0.05, 0) is 17.5 Å². The van der Waals surface area contributed by atoms with Crippen LogP contribution in [0.1, 0.15) is 36.8 Å². The van der Waals surface area contributed by atoms with Gasteiger partial charge in [0, 0.05) is 26.4 Å². The highest BCUT2D eigenvalue weighted by atomic mass is 16.6. The Morgan fingerprint density at radius 3 is 1.70 bits per heavy atom. The molecule has 2 aromatic rings. The molecule has 0 unspecified atom stereocenters. The Morgan fingerprint density at radius 1 is 0.727 bits per heavy atom. The molecular weight excluding hydrogens is 430 g/mol. The maximum atomic E-state index is 11.4. The summed E-state index contributed by atoms with van der Waals surface area (Å²) in [5, 5.41) is 16.9. The van der Waals surface area contributed by atoms with Gasteiger partial charge in [-0.1, -0.05) is 60.7 Å². The Hall–Kier alpha value is -3.88. The van der Waals surface area contributed by atoms with E-state index >= 15 is 0 Å². The Balaban J connectivity index is 0.000000331. The summed E-state index contributed by atoms with van der Waals surface area (Å²) in [6, 6.07) is 18.7. The lowest BCUT2D eigenvalue weighted by Gasteiger charge is -2.15. The summed E-state index contributed by atoms with van der Waals surface area (Å²) in [4.78, 5) is 44.4. The largest absolute Gasteiger partial charge is 0.481 e. The third-order valence-corrected chi connectivity index (χ3v) is 4.19. The highest BCUT2D eigenvalue weighted by Crippen LogP contribution is 2.04. The Bertz CT molecular complexity index is 871. The summed E-state index contributed by atoms with van der Waals surface area (Å²) < 4.78 is 9.99. The second kappa shape index (κ2) is 15.9. The van der Waals surface area contributed by atoms with E-state index in [2.05, 4.69) is 0 Å². The smallest absolute Gasteiger partial charge is 0.409 e. The first-order valence-corrected chi connectivity index (χ1v) is 10.3. The van der Waals surface area contributed by atoms with Gasteiger partial charge in [-0.3, -0.25) is 14.4 Å². The summed E-state index contributed by atoms with van der Waals surface area (Å²) >= 11 is 0. The molecule has 0 radical (unpaired) electrons. The highest BCUT2D eigenvalue weighted by molar-refractivity contribution is 5.71. The second-order valence-electron chi connectivity index (χ2n) is 7.00. The average Bonchev–Trinajstić information content (AvgIpc) is 2.81. The zero-order valence-corrected chi connectivity index (χ0v) is 18.5. The number of carboxylic acids is 2. The maximum Gasteiger partial charge on any atom is 0.409 e. The van der Waals surface area contributed by atoms with Gasteiger partial charge in [0.25, 0.3) is 0 Å². The van der Waals surface area contributed by atoms with E-state index < -0.39 is 18.0 Å². The van der Waals surface area contributed by atoms with Crippen LogP contribution in [-0.2, 0) is 37.1 Å². The fourth-order valence-electron chi connectivity index (χ4n) is 2.38. The van der Waals surface area contributed by atoms with Gasteiger partial charge in [0.15, 0.2) is 0 Å². The van der Waals surface area contributed by atoms with Crippen LogP contribution in [0.2, 0.25) is 0 Å². The van der Waals surface area contributed by atoms with E-state index in [1.54, 1.807) is 0 Å². The molecule has 0 spiro atoms. The summed E-state index contributed by atoms with van der Waals surface area (Å²) in [5.74, 6) is -2.19. The molecule has 0 fully saturated rings. The predicted molar refractivity (Wildman–Crippen MR) is 119 cm³/mol. The topological polar surface area (TPSA) is 130 Å². The van der Waals surface area contributed by atoms with Crippen molar-refractivity contribution in [3.05, 3.63) is 71.8 Å². The zero-order valence-electron chi connectivity index (χ0n) is 18.5. The SMILES string of the molecule is CN(CCC(=O)O)C(=O)OCc1ccccc1.O=C(O)CCCC(=O)OCc1ccccc1. The zero-order chi connectivity index (χ0) is 24.5. The molecule has 0 aliphatic heterocycles. The van der Waals surface area contributed by atoms with Crippen LogP contribution in [0.25, 0.3) is 0 Å². The van der Waals surface area contributed by atoms with E-state index in [1.807, 2.05) is 60.7 Å². The second-order valence-corrected chi connectivity index (χ2v) is 7.00. The van der Waals surface area contributed by atoms with Gasteiger partial charge >= 0.3 is 24.0 Å². The lowest BCUT2D eigenvalue weighted by atomic mass is 10.2. The molecule has 0 aliphatic carbocycles. The number of ether oxygens (including phenoxy) is 2. The van der Waals surface area contributed by atoms with Crippen molar-refractivity contribution in [2.45, 2.75) is 38.9 Å². The molecule has 2 aromatic carbocycles. The van der Waals surface area contributed by atoms with E-state index in [4.69, 9.17) is 19.7 Å². The van der Waals surface area contributed by atoms with E-state index in [-0.39, 0.29) is 45.0 Å². The predicted octanol–water partition coefficient (Wildman–Crippen LogP) is 3.71. The molecule has 0 aliphatic rings. The van der Waals surface area contributed by atoms with Crippen molar-refractivity contribution in [1.29, 1.82) is 0 Å². The lowest BCUT2D eigenvalue weighted by Crippen LogP contribution is -2.29. The highest BCUT2D eigenvalue weighted by Gasteiger charge is 2.11. The molecule has 0 bridgehead atoms. The summed E-state index contributed by atoms with van der Waals surface area (Å²) in [5.41, 5.74) is 1.82. The van der Waals surface area contributed by atoms with Crippen molar-refractivity contribution in [2.24, 2.45) is 0 Å². The van der Waals surface area contributed by atoms with Crippen molar-refractivity contribution in [3.63, 3.8) is 0 Å². The molecule has 1 amide bonds. The number of carbonyl (C=O) groups excluding carboxylic acids is 2. The van der Waals surface area contributed by atoms with Crippen LogP contribution in [0.15, 0.2) is 60.7 Å². The molecule has 9 nitrogen and oxygen atoms in total. The summed E-state index contributed by atoms with van der Waals surface area (Å²) in [6.45, 7) is 0.576. The van der Waals surface area contributed by atoms with Crippen LogP contribution < -0.4 is 0 Å². The van der Waals surface area contributed by atoms with Gasteiger partial charge < -0.3 is 24.6 Å². The molecular formula is C24H29NO8. The Kier molecular flexibility index (Phi) is 13.0. The van der Waals surface area contributed by atoms with Crippen molar-refractivity contribution >= 4 is 24.0 Å². The van der Waals surface area contributed by atoms with Crippen LogP contribution in [0.3, 0.4) is 0 Å². The minimum absolute atomic E-state index is 0.000434. The van der Waals surface area contributed by atoms with E-state index in [0.717, 1.165) is 11.1 Å². The fraction of sp³-hybridized carbons (Fsp3) is 0.333. The molecule has 0 heterocycles. The number of benzene rings is 2. The third kappa shape index (κ3) is 13.9. The number of hydrogen-bond donors (Lipinski definition) is 2. The number of aliphatic carboxylic acids is 2. The number of amides is 1. The Morgan fingerprint density at radius 2 is 1.21 bits per heavy atom. The third-order valence-electron chi connectivity index (χ3n) is 4.19. The first-order chi connectivity index (χ1) is 15.8. The number of rotatable bonds is 11. The monoisotopic (exact) mass is 459 g/mol. The molecule has 33 heavy (non-hydrogen) atoms. The first-order valence-electron chi connectivity index (χ1n) is 10.3. The number of carbonyl (C=O) groups is 4. The van der Waals surface area contributed by atoms with Gasteiger partial charge in [0.05, 0.1) is 6.42 Å². The number of hydrogen-bond acceptors (Lipinski definition) is 6. The maximum absolute atomic E-state index is 11.4. The van der Waals surface area contributed by atoms with Crippen molar-refractivity contribution in [2.75, 3.05) is 13.6 Å². The molecule has 178 valence electrons. The van der Waals surface area contributed by atoms with Crippen molar-refractivity contribution in [1.82, 2.24) is 4.90 Å². The molecule has 2 N–H and O–H groups in total. The van der Waals surface area contributed by atoms with Crippen LogP contribution in [0, 0.1) is 0 Å². The van der Waals surface area contributed by atoms with Crippen LogP contribution in [-0.4, -0.2) is 52.7 Å². The quantitative estimate of drug-likeness (QED) is 0.486. The van der Waals surface area contributed by atoms with E-state index in [0.29, 0.717) is 6.42 Å². The average molecular weight is 459 g/mol. The van der Waals surface area contributed by atoms with Gasteiger partial charge in [-0.2, -0.15) is 0 Å². The summed E-state index contributed by atoms with van der Waals surface area (Å²) in [7, 11) is 1.51. The minimum atomic E-state index is -0.937. The van der Waals surface area contributed by atoms with Crippen LogP contribution in [0.4, 0.5) is 4.79 Å². The van der Waals surface area contributed by atoms with Crippen molar-refractivity contribution in [3.8, 4) is 0 Å². The van der Waals surface area contributed by atoms with Crippen molar-refractivity contribution < 1.29 is 38.9 Å². The van der Waals surface area contributed by atoms with E-state index in [9.17, 15) is 19.2 Å². The summed E-state index contributed by atoms with van der Waals surface area (Å²) in [6.07, 6.45) is -0.130. The van der Waals surface area contributed by atoms with Gasteiger partial charge in [-0.15, -0.1) is 0 Å². The molecule has 2 rings (SSSR count). The van der Waals surface area contributed by atoms with E-state index in [1.165, 1.54) is 11.9 Å². The number of nitrogens with zero attached hydrogens (tertiary/aromatic N) is 1. The van der Waals surface area contributed by atoms with Crippen LogP contribution in [0.5, 0.6) is 0 Å². The van der Waals surface area contributed by atoms with Gasteiger partial charge in [0.2, 0.25) is 0 Å². The Labute approximate surface area is 192 Å². The molecule has 0 aromatic heterocycles. The first kappa shape index (κ1) is 27.2. The standard InChI is InChI=1S/C12H15NO4.C12H14O4/c1-13(8-7-11(14)15)12(16)17-9-10-5-3-2-4-6-10;13-11(14)7-4-8-12(15)16-9-10-5-2-1-3-6-10/h2-6H,7-9H2,1H3,(H,14,15);1-3,5-6H,4,7-9H2,(H,13,14). The number of carboxylic acid groups (broad SMARTS) is 2. The fourth-order valence-corrected chi connectivity index (χ4v) is 2.38.